The van der Waals surface area contributed by atoms with Crippen molar-refractivity contribution in [2.45, 2.75) is 20.8 Å². The number of para-hydroxylation sites is 2. The van der Waals surface area contributed by atoms with Crippen LogP contribution in [0.3, 0.4) is 0 Å². The van der Waals surface area contributed by atoms with Crippen molar-refractivity contribution in [2.75, 3.05) is 41.8 Å². The lowest BCUT2D eigenvalue weighted by Crippen LogP contribution is -2.36. The molecule has 148 valence electrons. The third-order valence-electron chi connectivity index (χ3n) is 4.57. The summed E-state index contributed by atoms with van der Waals surface area (Å²) in [4.78, 5) is 27.2. The van der Waals surface area contributed by atoms with Gasteiger partial charge in [0, 0.05) is 29.8 Å². The maximum absolute atomic E-state index is 12.8. The number of nitrogens with one attached hydrogen (secondary N) is 2. The molecule has 1 aliphatic rings. The number of morpholine rings is 1. The fourth-order valence-corrected chi connectivity index (χ4v) is 2.91. The van der Waals surface area contributed by atoms with Gasteiger partial charge in [-0.3, -0.25) is 9.59 Å². The molecule has 6 nitrogen and oxygen atoms in total. The third-order valence-corrected chi connectivity index (χ3v) is 4.57. The van der Waals surface area contributed by atoms with E-state index in [0.29, 0.717) is 24.5 Å². The maximum atomic E-state index is 12.8. The van der Waals surface area contributed by atoms with Crippen molar-refractivity contribution in [3.63, 3.8) is 0 Å². The highest BCUT2D eigenvalue weighted by Crippen LogP contribution is 2.27. The van der Waals surface area contributed by atoms with Gasteiger partial charge in [-0.15, -0.1) is 0 Å². The van der Waals surface area contributed by atoms with Crippen LogP contribution in [-0.2, 0) is 9.53 Å². The van der Waals surface area contributed by atoms with E-state index in [1.165, 1.54) is 0 Å². The lowest BCUT2D eigenvalue weighted by Gasteiger charge is -2.30. The van der Waals surface area contributed by atoms with Crippen LogP contribution < -0.4 is 15.5 Å². The number of carbonyl (C=O) groups excluding carboxylic acids is 2. The summed E-state index contributed by atoms with van der Waals surface area (Å²) in [5.41, 5.74) is 2.34. The molecule has 0 radical (unpaired) electrons. The normalized spacial score (nSPS) is 14.5. The summed E-state index contributed by atoms with van der Waals surface area (Å²) in [6.07, 6.45) is 0. The zero-order valence-corrected chi connectivity index (χ0v) is 16.6. The van der Waals surface area contributed by atoms with E-state index in [2.05, 4.69) is 15.5 Å². The quantitative estimate of drug-likeness (QED) is 0.846. The summed E-state index contributed by atoms with van der Waals surface area (Å²) < 4.78 is 5.42. The first-order valence-corrected chi connectivity index (χ1v) is 9.49. The smallest absolute Gasteiger partial charge is 0.255 e. The van der Waals surface area contributed by atoms with Crippen LogP contribution in [0.4, 0.5) is 17.1 Å². The molecule has 2 N–H and O–H groups in total. The second kappa shape index (κ2) is 8.44. The number of anilines is 3. The average molecular weight is 381 g/mol. The summed E-state index contributed by atoms with van der Waals surface area (Å²) in [6, 6.07) is 14.7. The predicted molar refractivity (Wildman–Crippen MR) is 112 cm³/mol. The van der Waals surface area contributed by atoms with Gasteiger partial charge in [-0.25, -0.2) is 0 Å². The molecule has 0 atom stereocenters. The van der Waals surface area contributed by atoms with E-state index in [9.17, 15) is 9.59 Å². The van der Waals surface area contributed by atoms with Crippen molar-refractivity contribution in [2.24, 2.45) is 5.41 Å². The van der Waals surface area contributed by atoms with E-state index in [4.69, 9.17) is 4.74 Å². The Morgan fingerprint density at radius 1 is 0.964 bits per heavy atom. The van der Waals surface area contributed by atoms with Gasteiger partial charge >= 0.3 is 0 Å². The Morgan fingerprint density at radius 2 is 1.68 bits per heavy atom. The number of hydrogen-bond donors (Lipinski definition) is 2. The van der Waals surface area contributed by atoms with E-state index in [1.54, 1.807) is 24.3 Å². The van der Waals surface area contributed by atoms with E-state index >= 15 is 0 Å². The average Bonchev–Trinajstić information content (AvgIpc) is 2.68. The number of rotatable bonds is 4. The van der Waals surface area contributed by atoms with Gasteiger partial charge < -0.3 is 20.3 Å². The molecule has 28 heavy (non-hydrogen) atoms. The molecule has 0 aromatic heterocycles. The Morgan fingerprint density at radius 3 is 2.39 bits per heavy atom. The minimum Gasteiger partial charge on any atom is -0.378 e. The van der Waals surface area contributed by atoms with Crippen molar-refractivity contribution in [1.29, 1.82) is 0 Å². The number of amides is 2. The zero-order valence-electron chi connectivity index (χ0n) is 16.6. The van der Waals surface area contributed by atoms with Gasteiger partial charge in [0.05, 0.1) is 24.6 Å². The van der Waals surface area contributed by atoms with Crippen LogP contribution >= 0.6 is 0 Å². The molecule has 2 aromatic rings. The molecule has 6 heteroatoms. The molecule has 1 aliphatic heterocycles. The summed E-state index contributed by atoms with van der Waals surface area (Å²) in [6.45, 7) is 8.49. The van der Waals surface area contributed by atoms with Gasteiger partial charge in [0.15, 0.2) is 0 Å². The molecule has 1 saturated heterocycles. The molecule has 0 aliphatic carbocycles. The Kier molecular flexibility index (Phi) is 5.99. The number of carbonyl (C=O) groups is 2. The Bertz CT molecular complexity index is 852. The molecular weight excluding hydrogens is 354 g/mol. The van der Waals surface area contributed by atoms with Crippen molar-refractivity contribution in [3.8, 4) is 0 Å². The van der Waals surface area contributed by atoms with E-state index < -0.39 is 5.41 Å². The fraction of sp³-hybridized carbons (Fsp3) is 0.364. The molecule has 2 amide bonds. The van der Waals surface area contributed by atoms with Gasteiger partial charge in [-0.2, -0.15) is 0 Å². The van der Waals surface area contributed by atoms with E-state index in [-0.39, 0.29) is 11.8 Å². The molecule has 1 fully saturated rings. The first-order chi connectivity index (χ1) is 13.3. The van der Waals surface area contributed by atoms with Crippen LogP contribution in [0, 0.1) is 5.41 Å². The van der Waals surface area contributed by atoms with Crippen LogP contribution in [0.2, 0.25) is 0 Å². The highest BCUT2D eigenvalue weighted by Gasteiger charge is 2.21. The molecule has 0 unspecified atom stereocenters. The Balaban J connectivity index is 1.75. The first kappa shape index (κ1) is 19.9. The second-order valence-corrected chi connectivity index (χ2v) is 7.86. The van der Waals surface area contributed by atoms with Gasteiger partial charge in [0.1, 0.15) is 0 Å². The van der Waals surface area contributed by atoms with Gasteiger partial charge in [0.2, 0.25) is 5.91 Å². The molecule has 2 aromatic carbocycles. The van der Waals surface area contributed by atoms with Crippen molar-refractivity contribution in [3.05, 3.63) is 54.1 Å². The molecule has 0 bridgehead atoms. The number of benzene rings is 2. The van der Waals surface area contributed by atoms with Crippen LogP contribution in [0.1, 0.15) is 31.1 Å². The fourth-order valence-electron chi connectivity index (χ4n) is 2.91. The highest BCUT2D eigenvalue weighted by atomic mass is 16.5. The van der Waals surface area contributed by atoms with Crippen LogP contribution in [0.15, 0.2) is 48.5 Å². The van der Waals surface area contributed by atoms with Crippen LogP contribution in [0.5, 0.6) is 0 Å². The molecule has 3 rings (SSSR count). The largest absolute Gasteiger partial charge is 0.378 e. The zero-order chi connectivity index (χ0) is 20.1. The van der Waals surface area contributed by atoms with Crippen molar-refractivity contribution >= 4 is 28.9 Å². The molecule has 1 heterocycles. The van der Waals surface area contributed by atoms with E-state index in [1.807, 2.05) is 45.0 Å². The van der Waals surface area contributed by atoms with Crippen molar-refractivity contribution < 1.29 is 14.3 Å². The minimum atomic E-state index is -0.505. The standard InChI is InChI=1S/C22H27N3O3/c1-22(2,3)21(27)23-17-8-6-7-16(15-17)20(26)24-18-9-4-5-10-19(18)25-11-13-28-14-12-25/h4-10,15H,11-14H2,1-3H3,(H,23,27)(H,24,26). The summed E-state index contributed by atoms with van der Waals surface area (Å²) in [5, 5.41) is 5.86. The maximum Gasteiger partial charge on any atom is 0.255 e. The van der Waals surface area contributed by atoms with E-state index in [0.717, 1.165) is 24.5 Å². The number of ether oxygens (including phenoxy) is 1. The number of hydrogen-bond acceptors (Lipinski definition) is 4. The lowest BCUT2D eigenvalue weighted by atomic mass is 9.95. The Hall–Kier alpha value is -2.86. The summed E-state index contributed by atoms with van der Waals surface area (Å²) in [5.74, 6) is -0.310. The summed E-state index contributed by atoms with van der Waals surface area (Å²) >= 11 is 0. The predicted octanol–water partition coefficient (Wildman–Crippen LogP) is 3.76. The monoisotopic (exact) mass is 381 g/mol. The molecule has 0 spiro atoms. The molecule has 0 saturated carbocycles. The lowest BCUT2D eigenvalue weighted by molar-refractivity contribution is -0.123. The second-order valence-electron chi connectivity index (χ2n) is 7.86. The topological polar surface area (TPSA) is 70.7 Å². The highest BCUT2D eigenvalue weighted by molar-refractivity contribution is 6.07. The minimum absolute atomic E-state index is 0.0947. The van der Waals surface area contributed by atoms with Crippen LogP contribution in [-0.4, -0.2) is 38.1 Å². The number of nitrogens with zero attached hydrogens (tertiary/aromatic N) is 1. The third kappa shape index (κ3) is 4.89. The van der Waals surface area contributed by atoms with Gasteiger partial charge in [-0.1, -0.05) is 39.0 Å². The first-order valence-electron chi connectivity index (χ1n) is 9.49. The van der Waals surface area contributed by atoms with Crippen LogP contribution in [0.25, 0.3) is 0 Å². The Labute approximate surface area is 165 Å². The molecular formula is C22H27N3O3. The van der Waals surface area contributed by atoms with Gasteiger partial charge in [0.25, 0.3) is 5.91 Å². The summed E-state index contributed by atoms with van der Waals surface area (Å²) in [7, 11) is 0. The van der Waals surface area contributed by atoms with Gasteiger partial charge in [-0.05, 0) is 30.3 Å². The van der Waals surface area contributed by atoms with Crippen molar-refractivity contribution in [1.82, 2.24) is 0 Å². The SMILES string of the molecule is CC(C)(C)C(=O)Nc1cccc(C(=O)Nc2ccccc2N2CCOCC2)c1.